The van der Waals surface area contributed by atoms with E-state index in [1.54, 1.807) is 20.8 Å². The number of rotatable bonds is 6. The van der Waals surface area contributed by atoms with Gasteiger partial charge in [-0.1, -0.05) is 0 Å². The highest BCUT2D eigenvalue weighted by atomic mass is 19.1. The molecule has 9 heteroatoms. The quantitative estimate of drug-likeness (QED) is 0.600. The molecule has 0 aliphatic carbocycles. The van der Waals surface area contributed by atoms with Gasteiger partial charge in [0.1, 0.15) is 17.5 Å². The highest BCUT2D eigenvalue weighted by Crippen LogP contribution is 2.26. The van der Waals surface area contributed by atoms with Crippen molar-refractivity contribution in [3.63, 3.8) is 0 Å². The lowest BCUT2D eigenvalue weighted by molar-refractivity contribution is -0.145. The number of carbonyl (C=O) groups is 2. The van der Waals surface area contributed by atoms with Gasteiger partial charge in [-0.05, 0) is 57.2 Å². The Morgan fingerprint density at radius 3 is 2.23 bits per heavy atom. The standard InChI is InChI=1S/C22H20F3N3O3/c1-4-31-22(30)20(26-21(29)14-9-16(24)11-17(25)10-14)19-12(2)27-28(13(19)3)18-7-5-15(23)6-8-18/h5-11,20H,4H2,1-3H3,(H,26,29)/t20-/m1/s1. The van der Waals surface area contributed by atoms with E-state index in [9.17, 15) is 22.8 Å². The zero-order valence-corrected chi connectivity index (χ0v) is 17.1. The van der Waals surface area contributed by atoms with E-state index in [0.29, 0.717) is 28.7 Å². The number of esters is 1. The zero-order chi connectivity index (χ0) is 22.7. The molecule has 0 aliphatic heterocycles. The third-order valence-corrected chi connectivity index (χ3v) is 4.63. The fourth-order valence-electron chi connectivity index (χ4n) is 3.28. The maximum absolute atomic E-state index is 13.5. The summed E-state index contributed by atoms with van der Waals surface area (Å²) in [4.78, 5) is 25.3. The van der Waals surface area contributed by atoms with E-state index < -0.39 is 35.4 Å². The van der Waals surface area contributed by atoms with E-state index >= 15 is 0 Å². The second kappa shape index (κ2) is 9.03. The van der Waals surface area contributed by atoms with Crippen LogP contribution in [0.5, 0.6) is 0 Å². The summed E-state index contributed by atoms with van der Waals surface area (Å²) in [5.41, 5.74) is 1.56. The van der Waals surface area contributed by atoms with Crippen LogP contribution in [0.3, 0.4) is 0 Å². The van der Waals surface area contributed by atoms with Crippen LogP contribution in [0.2, 0.25) is 0 Å². The van der Waals surface area contributed by atoms with Crippen LogP contribution in [-0.2, 0) is 9.53 Å². The third kappa shape index (κ3) is 4.76. The maximum atomic E-state index is 13.5. The molecule has 6 nitrogen and oxygen atoms in total. The number of hydrogen-bond acceptors (Lipinski definition) is 4. The minimum absolute atomic E-state index is 0.0595. The van der Waals surface area contributed by atoms with Crippen LogP contribution in [0.4, 0.5) is 13.2 Å². The summed E-state index contributed by atoms with van der Waals surface area (Å²) in [6.07, 6.45) is 0. The second-order valence-electron chi connectivity index (χ2n) is 6.79. The normalized spacial score (nSPS) is 11.8. The minimum Gasteiger partial charge on any atom is -0.464 e. The van der Waals surface area contributed by atoms with Crippen molar-refractivity contribution in [2.24, 2.45) is 0 Å². The van der Waals surface area contributed by atoms with Gasteiger partial charge < -0.3 is 10.1 Å². The Morgan fingerprint density at radius 1 is 1.03 bits per heavy atom. The Bertz CT molecular complexity index is 1110. The van der Waals surface area contributed by atoms with Gasteiger partial charge in [0, 0.05) is 22.9 Å². The van der Waals surface area contributed by atoms with E-state index in [2.05, 4.69) is 10.4 Å². The van der Waals surface area contributed by atoms with Gasteiger partial charge in [-0.3, -0.25) is 4.79 Å². The van der Waals surface area contributed by atoms with E-state index in [1.807, 2.05) is 0 Å². The highest BCUT2D eigenvalue weighted by molar-refractivity contribution is 5.97. The molecule has 0 bridgehead atoms. The Morgan fingerprint density at radius 2 is 1.65 bits per heavy atom. The average Bonchev–Trinajstić information content (AvgIpc) is 3.00. The monoisotopic (exact) mass is 431 g/mol. The number of nitrogens with zero attached hydrogens (tertiary/aromatic N) is 2. The smallest absolute Gasteiger partial charge is 0.333 e. The minimum atomic E-state index is -1.27. The van der Waals surface area contributed by atoms with Gasteiger partial charge in [0.2, 0.25) is 0 Å². The summed E-state index contributed by atoms with van der Waals surface area (Å²) in [5.74, 6) is -3.87. The highest BCUT2D eigenvalue weighted by Gasteiger charge is 2.31. The first-order valence-corrected chi connectivity index (χ1v) is 9.47. The molecular formula is C22H20F3N3O3. The van der Waals surface area contributed by atoms with Crippen molar-refractivity contribution < 1.29 is 27.5 Å². The van der Waals surface area contributed by atoms with Gasteiger partial charge in [-0.25, -0.2) is 22.6 Å². The van der Waals surface area contributed by atoms with Crippen molar-refractivity contribution in [2.75, 3.05) is 6.61 Å². The largest absolute Gasteiger partial charge is 0.464 e. The molecule has 0 aliphatic rings. The Balaban J connectivity index is 2.02. The van der Waals surface area contributed by atoms with Crippen molar-refractivity contribution in [2.45, 2.75) is 26.8 Å². The Labute approximate surface area is 176 Å². The predicted octanol–water partition coefficient (Wildman–Crippen LogP) is 3.94. The van der Waals surface area contributed by atoms with E-state index in [0.717, 1.165) is 12.1 Å². The molecule has 0 saturated carbocycles. The summed E-state index contributed by atoms with van der Waals surface area (Å²) >= 11 is 0. The molecule has 1 N–H and O–H groups in total. The average molecular weight is 431 g/mol. The van der Waals surface area contributed by atoms with Gasteiger partial charge >= 0.3 is 5.97 Å². The number of hydrogen-bond donors (Lipinski definition) is 1. The lowest BCUT2D eigenvalue weighted by atomic mass is 10.0. The van der Waals surface area contributed by atoms with Crippen molar-refractivity contribution in [3.05, 3.63) is 82.4 Å². The number of benzene rings is 2. The third-order valence-electron chi connectivity index (χ3n) is 4.63. The first kappa shape index (κ1) is 22.1. The van der Waals surface area contributed by atoms with Crippen LogP contribution in [0, 0.1) is 31.3 Å². The molecule has 3 aromatic rings. The summed E-state index contributed by atoms with van der Waals surface area (Å²) < 4.78 is 46.9. The van der Waals surface area contributed by atoms with Gasteiger partial charge in [0.05, 0.1) is 18.0 Å². The van der Waals surface area contributed by atoms with Crippen molar-refractivity contribution in [1.29, 1.82) is 0 Å². The van der Waals surface area contributed by atoms with Crippen LogP contribution in [0.1, 0.15) is 40.3 Å². The topological polar surface area (TPSA) is 73.2 Å². The molecule has 0 fully saturated rings. The molecule has 0 saturated heterocycles. The fraction of sp³-hybridized carbons (Fsp3) is 0.227. The number of aryl methyl sites for hydroxylation is 1. The molecule has 1 aromatic heterocycles. The van der Waals surface area contributed by atoms with Gasteiger partial charge in [0.25, 0.3) is 5.91 Å². The van der Waals surface area contributed by atoms with Crippen LogP contribution in [-0.4, -0.2) is 28.3 Å². The first-order valence-electron chi connectivity index (χ1n) is 9.47. The van der Waals surface area contributed by atoms with Crippen molar-refractivity contribution in [3.8, 4) is 5.69 Å². The molecule has 1 heterocycles. The number of amides is 1. The Hall–Kier alpha value is -3.62. The van der Waals surface area contributed by atoms with Crippen LogP contribution in [0.15, 0.2) is 42.5 Å². The number of carbonyl (C=O) groups excluding carboxylic acids is 2. The van der Waals surface area contributed by atoms with Crippen LogP contribution < -0.4 is 5.32 Å². The van der Waals surface area contributed by atoms with Crippen LogP contribution in [0.25, 0.3) is 5.69 Å². The molecule has 0 unspecified atom stereocenters. The number of aromatic nitrogens is 2. The van der Waals surface area contributed by atoms with Gasteiger partial charge in [0.15, 0.2) is 6.04 Å². The molecule has 1 atom stereocenters. The summed E-state index contributed by atoms with van der Waals surface area (Å²) in [6.45, 7) is 4.99. The van der Waals surface area contributed by atoms with E-state index in [-0.39, 0.29) is 12.2 Å². The molecule has 0 radical (unpaired) electrons. The SMILES string of the molecule is CCOC(=O)[C@H](NC(=O)c1cc(F)cc(F)c1)c1c(C)nn(-c2ccc(F)cc2)c1C. The number of halogens is 3. The molecule has 2 aromatic carbocycles. The van der Waals surface area contributed by atoms with E-state index in [1.165, 1.54) is 28.9 Å². The maximum Gasteiger partial charge on any atom is 0.333 e. The van der Waals surface area contributed by atoms with Crippen molar-refractivity contribution >= 4 is 11.9 Å². The van der Waals surface area contributed by atoms with E-state index in [4.69, 9.17) is 4.74 Å². The van der Waals surface area contributed by atoms with Gasteiger partial charge in [-0.15, -0.1) is 0 Å². The predicted molar refractivity (Wildman–Crippen MR) is 106 cm³/mol. The Kier molecular flexibility index (Phi) is 6.43. The molecule has 0 spiro atoms. The molecule has 1 amide bonds. The van der Waals surface area contributed by atoms with Gasteiger partial charge in [-0.2, -0.15) is 5.10 Å². The summed E-state index contributed by atoms with van der Waals surface area (Å²) in [7, 11) is 0. The molecule has 31 heavy (non-hydrogen) atoms. The fourth-order valence-corrected chi connectivity index (χ4v) is 3.28. The van der Waals surface area contributed by atoms with Crippen molar-refractivity contribution in [1.82, 2.24) is 15.1 Å². The van der Waals surface area contributed by atoms with Crippen LogP contribution >= 0.6 is 0 Å². The lowest BCUT2D eigenvalue weighted by Crippen LogP contribution is -2.35. The molecule has 162 valence electrons. The zero-order valence-electron chi connectivity index (χ0n) is 17.1. The summed E-state index contributed by atoms with van der Waals surface area (Å²) in [5, 5.41) is 6.88. The number of nitrogens with one attached hydrogen (secondary N) is 1. The molecule has 3 rings (SSSR count). The molecular weight excluding hydrogens is 411 g/mol. The first-order chi connectivity index (χ1) is 14.7. The lowest BCUT2D eigenvalue weighted by Gasteiger charge is -2.18. The number of ether oxygens (including phenoxy) is 1. The summed E-state index contributed by atoms with van der Waals surface area (Å²) in [6, 6.07) is 6.68. The second-order valence-corrected chi connectivity index (χ2v) is 6.79.